The molecule has 0 aliphatic rings. The molecular weight excluding hydrogens is 274 g/mol. The highest BCUT2D eigenvalue weighted by atomic mass is 16.4. The van der Waals surface area contributed by atoms with E-state index in [1.54, 1.807) is 19.2 Å². The summed E-state index contributed by atoms with van der Waals surface area (Å²) in [6.07, 6.45) is 2.89. The topological polar surface area (TPSA) is 117 Å². The largest absolute Gasteiger partial charge is 0.477 e. The first kappa shape index (κ1) is 14.4. The molecule has 21 heavy (non-hydrogen) atoms. The van der Waals surface area contributed by atoms with E-state index in [0.717, 1.165) is 0 Å². The van der Waals surface area contributed by atoms with Crippen LogP contribution in [0.2, 0.25) is 0 Å². The number of carbonyl (C=O) groups excluding carboxylic acids is 1. The molecule has 2 aromatic rings. The Hall–Kier alpha value is -3.03. The predicted molar refractivity (Wildman–Crippen MR) is 73.8 cm³/mol. The van der Waals surface area contributed by atoms with Gasteiger partial charge < -0.3 is 15.7 Å². The number of hydrogen-bond acceptors (Lipinski definition) is 5. The van der Waals surface area contributed by atoms with Gasteiger partial charge in [-0.3, -0.25) is 0 Å². The van der Waals surface area contributed by atoms with Crippen molar-refractivity contribution in [1.29, 1.82) is 0 Å². The molecule has 8 nitrogen and oxygen atoms in total. The van der Waals surface area contributed by atoms with Gasteiger partial charge in [0.15, 0.2) is 0 Å². The maximum atomic E-state index is 11.7. The number of rotatable bonds is 4. The zero-order valence-corrected chi connectivity index (χ0v) is 11.2. The van der Waals surface area contributed by atoms with Crippen molar-refractivity contribution in [2.75, 3.05) is 5.32 Å². The van der Waals surface area contributed by atoms with Crippen LogP contribution in [0.1, 0.15) is 22.0 Å². The minimum Gasteiger partial charge on any atom is -0.477 e. The summed E-state index contributed by atoms with van der Waals surface area (Å²) in [5.74, 6) is -0.492. The fourth-order valence-electron chi connectivity index (χ4n) is 1.54. The van der Waals surface area contributed by atoms with Crippen molar-refractivity contribution in [2.24, 2.45) is 0 Å². The molecule has 2 heterocycles. The Balaban J connectivity index is 1.88. The second-order valence-electron chi connectivity index (χ2n) is 4.14. The molecule has 0 aliphatic heterocycles. The third-order valence-corrected chi connectivity index (χ3v) is 2.50. The number of urea groups is 1. The van der Waals surface area contributed by atoms with Crippen LogP contribution in [0.5, 0.6) is 0 Å². The summed E-state index contributed by atoms with van der Waals surface area (Å²) in [6, 6.07) is 4.05. The minimum atomic E-state index is -1.12. The molecular formula is C13H13N5O3. The molecule has 0 aromatic carbocycles. The first-order valence-electron chi connectivity index (χ1n) is 6.07. The van der Waals surface area contributed by atoms with Gasteiger partial charge in [-0.25, -0.2) is 24.5 Å². The number of pyridine rings is 1. The third-order valence-electron chi connectivity index (χ3n) is 2.50. The van der Waals surface area contributed by atoms with Gasteiger partial charge in [0.25, 0.3) is 0 Å². The zero-order chi connectivity index (χ0) is 15.2. The Labute approximate surface area is 120 Å². The highest BCUT2D eigenvalue weighted by Crippen LogP contribution is 2.06. The average Bonchev–Trinajstić information content (AvgIpc) is 2.46. The number of aryl methyl sites for hydroxylation is 1. The van der Waals surface area contributed by atoms with Crippen LogP contribution in [-0.4, -0.2) is 32.1 Å². The normalized spacial score (nSPS) is 9.95. The van der Waals surface area contributed by atoms with Crippen molar-refractivity contribution in [3.8, 4) is 0 Å². The van der Waals surface area contributed by atoms with Crippen LogP contribution in [0, 0.1) is 6.92 Å². The van der Waals surface area contributed by atoms with Crippen LogP contribution in [-0.2, 0) is 6.54 Å². The molecule has 108 valence electrons. The van der Waals surface area contributed by atoms with Gasteiger partial charge in [-0.05, 0) is 25.1 Å². The fraction of sp³-hybridized carbons (Fsp3) is 0.154. The van der Waals surface area contributed by atoms with E-state index in [0.29, 0.717) is 17.2 Å². The monoisotopic (exact) mass is 287 g/mol. The maximum absolute atomic E-state index is 11.7. The van der Waals surface area contributed by atoms with E-state index in [1.807, 2.05) is 0 Å². The molecule has 2 amide bonds. The molecule has 0 radical (unpaired) electrons. The number of nitrogens with zero attached hydrogens (tertiary/aromatic N) is 3. The van der Waals surface area contributed by atoms with E-state index in [1.165, 1.54) is 18.3 Å². The Morgan fingerprint density at radius 1 is 1.24 bits per heavy atom. The Morgan fingerprint density at radius 2 is 2.05 bits per heavy atom. The van der Waals surface area contributed by atoms with Crippen molar-refractivity contribution in [3.05, 3.63) is 47.8 Å². The van der Waals surface area contributed by atoms with Crippen LogP contribution in [0.15, 0.2) is 30.6 Å². The number of amides is 2. The van der Waals surface area contributed by atoms with E-state index in [2.05, 4.69) is 25.6 Å². The molecule has 3 N–H and O–H groups in total. The molecule has 0 unspecified atom stereocenters. The molecule has 0 saturated heterocycles. The predicted octanol–water partition coefficient (Wildman–Crippen LogP) is 1.20. The van der Waals surface area contributed by atoms with Gasteiger partial charge in [0.1, 0.15) is 11.5 Å². The first-order valence-corrected chi connectivity index (χ1v) is 6.07. The molecule has 0 saturated carbocycles. The smallest absolute Gasteiger partial charge is 0.354 e. The first-order chi connectivity index (χ1) is 10.0. The lowest BCUT2D eigenvalue weighted by Crippen LogP contribution is -2.28. The summed E-state index contributed by atoms with van der Waals surface area (Å²) in [5.41, 5.74) is 1.01. The minimum absolute atomic E-state index is 0.0857. The molecule has 0 atom stereocenters. The summed E-state index contributed by atoms with van der Waals surface area (Å²) in [4.78, 5) is 34.1. The fourth-order valence-corrected chi connectivity index (χ4v) is 1.54. The highest BCUT2D eigenvalue weighted by Gasteiger charge is 2.06. The molecule has 0 fully saturated rings. The molecule has 2 aromatic heterocycles. The molecule has 8 heteroatoms. The number of carboxylic acids is 1. The van der Waals surface area contributed by atoms with Crippen molar-refractivity contribution >= 4 is 17.7 Å². The molecule has 0 bridgehead atoms. The van der Waals surface area contributed by atoms with Gasteiger partial charge in [-0.2, -0.15) is 0 Å². The van der Waals surface area contributed by atoms with Crippen molar-refractivity contribution < 1.29 is 14.7 Å². The summed E-state index contributed by atoms with van der Waals surface area (Å²) in [5, 5.41) is 13.9. The van der Waals surface area contributed by atoms with Gasteiger partial charge in [-0.15, -0.1) is 0 Å². The molecule has 2 rings (SSSR count). The van der Waals surface area contributed by atoms with Gasteiger partial charge in [0.05, 0.1) is 24.1 Å². The number of aromatic nitrogens is 3. The number of nitrogens with one attached hydrogen (secondary N) is 2. The maximum Gasteiger partial charge on any atom is 0.354 e. The van der Waals surface area contributed by atoms with Gasteiger partial charge in [0.2, 0.25) is 0 Å². The average molecular weight is 287 g/mol. The third kappa shape index (κ3) is 4.23. The quantitative estimate of drug-likeness (QED) is 0.777. The van der Waals surface area contributed by atoms with Gasteiger partial charge >= 0.3 is 12.0 Å². The lowest BCUT2D eigenvalue weighted by Gasteiger charge is -2.07. The standard InChI is InChI=1S/C13H13N5O3/c1-8-14-5-4-10(17-8)7-16-13(21)18-9-2-3-11(12(19)20)15-6-9/h2-6H,7H2,1H3,(H,19,20)(H2,16,18,21). The van der Waals surface area contributed by atoms with E-state index >= 15 is 0 Å². The Kier molecular flexibility index (Phi) is 4.39. The summed E-state index contributed by atoms with van der Waals surface area (Å²) >= 11 is 0. The number of carboxylic acid groups (broad SMARTS) is 1. The van der Waals surface area contributed by atoms with Crippen LogP contribution in [0.3, 0.4) is 0 Å². The van der Waals surface area contributed by atoms with Crippen molar-refractivity contribution in [1.82, 2.24) is 20.3 Å². The molecule has 0 spiro atoms. The van der Waals surface area contributed by atoms with Crippen LogP contribution < -0.4 is 10.6 Å². The summed E-state index contributed by atoms with van der Waals surface area (Å²) < 4.78 is 0. The van der Waals surface area contributed by atoms with Gasteiger partial charge in [-0.1, -0.05) is 0 Å². The van der Waals surface area contributed by atoms with Crippen LogP contribution in [0.4, 0.5) is 10.5 Å². The summed E-state index contributed by atoms with van der Waals surface area (Å²) in [6.45, 7) is 2.02. The van der Waals surface area contributed by atoms with Gasteiger partial charge in [0, 0.05) is 6.20 Å². The number of carbonyl (C=O) groups is 2. The Morgan fingerprint density at radius 3 is 2.67 bits per heavy atom. The number of aromatic carboxylic acids is 1. The SMILES string of the molecule is Cc1nccc(CNC(=O)Nc2ccc(C(=O)O)nc2)n1. The van der Waals surface area contributed by atoms with E-state index in [4.69, 9.17) is 5.11 Å². The summed E-state index contributed by atoms with van der Waals surface area (Å²) in [7, 11) is 0. The van der Waals surface area contributed by atoms with Crippen LogP contribution >= 0.6 is 0 Å². The zero-order valence-electron chi connectivity index (χ0n) is 11.2. The van der Waals surface area contributed by atoms with Crippen molar-refractivity contribution in [2.45, 2.75) is 13.5 Å². The Bertz CT molecular complexity index is 657. The lowest BCUT2D eigenvalue weighted by atomic mass is 10.3. The highest BCUT2D eigenvalue weighted by molar-refractivity contribution is 5.90. The molecule has 0 aliphatic carbocycles. The van der Waals surface area contributed by atoms with E-state index < -0.39 is 12.0 Å². The second-order valence-corrected chi connectivity index (χ2v) is 4.14. The van der Waals surface area contributed by atoms with E-state index in [-0.39, 0.29) is 12.2 Å². The second kappa shape index (κ2) is 6.42. The number of anilines is 1. The van der Waals surface area contributed by atoms with E-state index in [9.17, 15) is 9.59 Å². The van der Waals surface area contributed by atoms with Crippen LogP contribution in [0.25, 0.3) is 0 Å². The number of hydrogen-bond donors (Lipinski definition) is 3. The lowest BCUT2D eigenvalue weighted by molar-refractivity contribution is 0.0690. The van der Waals surface area contributed by atoms with Crippen molar-refractivity contribution in [3.63, 3.8) is 0 Å².